The normalized spacial score (nSPS) is 10.2. The van der Waals surface area contributed by atoms with E-state index in [4.69, 9.17) is 4.74 Å². The van der Waals surface area contributed by atoms with Gasteiger partial charge < -0.3 is 4.74 Å². The third-order valence-electron chi connectivity index (χ3n) is 2.70. The van der Waals surface area contributed by atoms with Crippen molar-refractivity contribution in [3.8, 4) is 5.75 Å². The fourth-order valence-corrected chi connectivity index (χ4v) is 1.75. The number of carbonyl (C=O) groups excluding carboxylic acids is 1. The minimum absolute atomic E-state index is 0.160. The Balaban J connectivity index is 2.30. The maximum absolute atomic E-state index is 12.9. The van der Waals surface area contributed by atoms with Gasteiger partial charge in [-0.25, -0.2) is 4.39 Å². The third kappa shape index (κ3) is 3.19. The van der Waals surface area contributed by atoms with Crippen LogP contribution in [0.5, 0.6) is 5.75 Å². The summed E-state index contributed by atoms with van der Waals surface area (Å²) in [6.45, 7) is 2.57. The van der Waals surface area contributed by atoms with E-state index < -0.39 is 0 Å². The second kappa shape index (κ2) is 6.14. The topological polar surface area (TPSA) is 26.3 Å². The molecule has 0 saturated carbocycles. The van der Waals surface area contributed by atoms with Gasteiger partial charge in [-0.3, -0.25) is 4.79 Å². The Morgan fingerprint density at radius 1 is 1.11 bits per heavy atom. The van der Waals surface area contributed by atoms with Gasteiger partial charge in [0.15, 0.2) is 5.78 Å². The molecule has 0 aliphatic carbocycles. The fraction of sp³-hybridized carbons (Fsp3) is 0.188. The summed E-state index contributed by atoms with van der Waals surface area (Å²) >= 11 is 0. The highest BCUT2D eigenvalue weighted by molar-refractivity contribution is 6.10. The van der Waals surface area contributed by atoms with Crippen molar-refractivity contribution in [2.45, 2.75) is 13.3 Å². The predicted molar refractivity (Wildman–Crippen MR) is 72.1 cm³/mol. The molecule has 0 atom stereocenters. The zero-order chi connectivity index (χ0) is 13.7. The third-order valence-corrected chi connectivity index (χ3v) is 2.70. The number of para-hydroxylation sites is 1. The van der Waals surface area contributed by atoms with E-state index in [1.165, 1.54) is 24.3 Å². The molecule has 0 radical (unpaired) electrons. The SMILES string of the molecule is CCCOc1ccccc1C(=O)c1ccc(F)cc1. The predicted octanol–water partition coefficient (Wildman–Crippen LogP) is 3.85. The lowest BCUT2D eigenvalue weighted by molar-refractivity contribution is 0.103. The molecule has 0 amide bonds. The fourth-order valence-electron chi connectivity index (χ4n) is 1.75. The van der Waals surface area contributed by atoms with Crippen LogP contribution in [0.15, 0.2) is 48.5 Å². The van der Waals surface area contributed by atoms with Gasteiger partial charge in [0.1, 0.15) is 11.6 Å². The molecule has 2 rings (SSSR count). The van der Waals surface area contributed by atoms with Crippen molar-refractivity contribution in [1.82, 2.24) is 0 Å². The van der Waals surface area contributed by atoms with Gasteiger partial charge in [0.2, 0.25) is 0 Å². The summed E-state index contributed by atoms with van der Waals surface area (Å²) in [7, 11) is 0. The van der Waals surface area contributed by atoms with E-state index in [0.29, 0.717) is 23.5 Å². The van der Waals surface area contributed by atoms with E-state index >= 15 is 0 Å². The summed E-state index contributed by atoms with van der Waals surface area (Å²) in [6.07, 6.45) is 0.874. The molecule has 2 aromatic rings. The van der Waals surface area contributed by atoms with E-state index in [-0.39, 0.29) is 11.6 Å². The molecule has 0 spiro atoms. The maximum atomic E-state index is 12.9. The highest BCUT2D eigenvalue weighted by Gasteiger charge is 2.14. The molecule has 0 aliphatic rings. The number of hydrogen-bond acceptors (Lipinski definition) is 2. The van der Waals surface area contributed by atoms with E-state index in [2.05, 4.69) is 0 Å². The monoisotopic (exact) mass is 258 g/mol. The van der Waals surface area contributed by atoms with Crippen LogP contribution in [0.1, 0.15) is 29.3 Å². The first-order valence-electron chi connectivity index (χ1n) is 6.24. The van der Waals surface area contributed by atoms with Gasteiger partial charge in [0.25, 0.3) is 0 Å². The Kier molecular flexibility index (Phi) is 4.29. The number of carbonyl (C=O) groups is 1. The van der Waals surface area contributed by atoms with E-state index in [1.807, 2.05) is 13.0 Å². The maximum Gasteiger partial charge on any atom is 0.196 e. The Hall–Kier alpha value is -2.16. The highest BCUT2D eigenvalue weighted by Crippen LogP contribution is 2.21. The Bertz CT molecular complexity index is 561. The molecular formula is C16H15FO2. The number of halogens is 1. The average molecular weight is 258 g/mol. The van der Waals surface area contributed by atoms with Crippen molar-refractivity contribution in [1.29, 1.82) is 0 Å². The van der Waals surface area contributed by atoms with Crippen molar-refractivity contribution in [3.63, 3.8) is 0 Å². The Morgan fingerprint density at radius 2 is 1.79 bits per heavy atom. The smallest absolute Gasteiger partial charge is 0.196 e. The van der Waals surface area contributed by atoms with Gasteiger partial charge in [-0.15, -0.1) is 0 Å². The van der Waals surface area contributed by atoms with Gasteiger partial charge in [0.05, 0.1) is 12.2 Å². The van der Waals surface area contributed by atoms with Crippen LogP contribution in [0.2, 0.25) is 0 Å². The summed E-state index contributed by atoms with van der Waals surface area (Å²) in [4.78, 5) is 12.3. The van der Waals surface area contributed by atoms with E-state index in [1.54, 1.807) is 18.2 Å². The van der Waals surface area contributed by atoms with E-state index in [0.717, 1.165) is 6.42 Å². The van der Waals surface area contributed by atoms with Crippen LogP contribution >= 0.6 is 0 Å². The lowest BCUT2D eigenvalue weighted by Gasteiger charge is -2.09. The van der Waals surface area contributed by atoms with Gasteiger partial charge in [-0.1, -0.05) is 19.1 Å². The molecule has 2 aromatic carbocycles. The number of ether oxygens (including phenoxy) is 1. The molecule has 3 heteroatoms. The highest BCUT2D eigenvalue weighted by atomic mass is 19.1. The lowest BCUT2D eigenvalue weighted by Crippen LogP contribution is -2.06. The van der Waals surface area contributed by atoms with Crippen LogP contribution in [0, 0.1) is 5.82 Å². The quantitative estimate of drug-likeness (QED) is 0.761. The Labute approximate surface area is 111 Å². The minimum atomic E-state index is -0.355. The number of rotatable bonds is 5. The summed E-state index contributed by atoms with van der Waals surface area (Å²) in [5.41, 5.74) is 0.955. The van der Waals surface area contributed by atoms with Crippen molar-refractivity contribution in [3.05, 3.63) is 65.5 Å². The molecule has 0 fully saturated rings. The summed E-state index contributed by atoms with van der Waals surface area (Å²) in [5.74, 6) is 0.0532. The summed E-state index contributed by atoms with van der Waals surface area (Å²) in [6, 6.07) is 12.6. The van der Waals surface area contributed by atoms with Crippen LogP contribution in [-0.2, 0) is 0 Å². The molecule has 0 heterocycles. The van der Waals surface area contributed by atoms with Crippen LogP contribution in [0.4, 0.5) is 4.39 Å². The molecule has 0 saturated heterocycles. The van der Waals surface area contributed by atoms with Crippen molar-refractivity contribution < 1.29 is 13.9 Å². The molecule has 98 valence electrons. The molecular weight excluding hydrogens is 243 g/mol. The van der Waals surface area contributed by atoms with Gasteiger partial charge in [0, 0.05) is 5.56 Å². The van der Waals surface area contributed by atoms with Crippen molar-refractivity contribution in [2.24, 2.45) is 0 Å². The van der Waals surface area contributed by atoms with Crippen LogP contribution < -0.4 is 4.74 Å². The van der Waals surface area contributed by atoms with Gasteiger partial charge >= 0.3 is 0 Å². The van der Waals surface area contributed by atoms with Crippen molar-refractivity contribution >= 4 is 5.78 Å². The first kappa shape index (κ1) is 13.3. The summed E-state index contributed by atoms with van der Waals surface area (Å²) < 4.78 is 18.4. The van der Waals surface area contributed by atoms with Gasteiger partial charge in [-0.05, 0) is 42.8 Å². The number of ketones is 1. The van der Waals surface area contributed by atoms with E-state index in [9.17, 15) is 9.18 Å². The van der Waals surface area contributed by atoms with Crippen LogP contribution in [-0.4, -0.2) is 12.4 Å². The zero-order valence-electron chi connectivity index (χ0n) is 10.7. The standard InChI is InChI=1S/C16H15FO2/c1-2-11-19-15-6-4-3-5-14(15)16(18)12-7-9-13(17)10-8-12/h3-10H,2,11H2,1H3. The van der Waals surface area contributed by atoms with Crippen LogP contribution in [0.25, 0.3) is 0 Å². The molecule has 0 aliphatic heterocycles. The zero-order valence-corrected chi connectivity index (χ0v) is 10.7. The molecule has 0 N–H and O–H groups in total. The minimum Gasteiger partial charge on any atom is -0.493 e. The largest absolute Gasteiger partial charge is 0.493 e. The molecule has 2 nitrogen and oxygen atoms in total. The average Bonchev–Trinajstić information content (AvgIpc) is 2.45. The summed E-state index contributed by atoms with van der Waals surface area (Å²) in [5, 5.41) is 0. The second-order valence-electron chi connectivity index (χ2n) is 4.18. The lowest BCUT2D eigenvalue weighted by atomic mass is 10.0. The first-order chi connectivity index (χ1) is 9.22. The van der Waals surface area contributed by atoms with Crippen LogP contribution in [0.3, 0.4) is 0 Å². The van der Waals surface area contributed by atoms with Crippen molar-refractivity contribution in [2.75, 3.05) is 6.61 Å². The molecule has 0 unspecified atom stereocenters. The number of hydrogen-bond donors (Lipinski definition) is 0. The Morgan fingerprint density at radius 3 is 2.47 bits per heavy atom. The molecule has 19 heavy (non-hydrogen) atoms. The van der Waals surface area contributed by atoms with Gasteiger partial charge in [-0.2, -0.15) is 0 Å². The first-order valence-corrected chi connectivity index (χ1v) is 6.24. The number of benzene rings is 2. The second-order valence-corrected chi connectivity index (χ2v) is 4.18. The molecule has 0 bridgehead atoms. The molecule has 0 aromatic heterocycles.